The van der Waals surface area contributed by atoms with Crippen LogP contribution >= 0.6 is 11.8 Å². The lowest BCUT2D eigenvalue weighted by molar-refractivity contribution is -0.121. The van der Waals surface area contributed by atoms with Crippen LogP contribution in [-0.2, 0) is 4.79 Å². The third-order valence-electron chi connectivity index (χ3n) is 3.59. The molecule has 0 spiro atoms. The molecule has 2 aromatic rings. The van der Waals surface area contributed by atoms with Crippen molar-refractivity contribution >= 4 is 17.7 Å². The maximum Gasteiger partial charge on any atom is 0.220 e. The summed E-state index contributed by atoms with van der Waals surface area (Å²) >= 11 is 1.75. The van der Waals surface area contributed by atoms with Crippen molar-refractivity contribution < 1.29 is 14.3 Å². The highest BCUT2D eigenvalue weighted by Gasteiger charge is 2.02. The Bertz CT molecular complexity index is 641. The van der Waals surface area contributed by atoms with Crippen LogP contribution in [0.2, 0.25) is 0 Å². The highest BCUT2D eigenvalue weighted by Crippen LogP contribution is 2.18. The number of nitrogens with one attached hydrogen (secondary N) is 1. The minimum Gasteiger partial charge on any atom is -0.497 e. The second-order valence-corrected chi connectivity index (χ2v) is 6.81. The van der Waals surface area contributed by atoms with Gasteiger partial charge >= 0.3 is 0 Å². The minimum absolute atomic E-state index is 0.0721. The molecule has 0 aromatic heterocycles. The van der Waals surface area contributed by atoms with Gasteiger partial charge < -0.3 is 14.8 Å². The molecule has 4 nitrogen and oxygen atoms in total. The van der Waals surface area contributed by atoms with Crippen LogP contribution in [0.5, 0.6) is 11.5 Å². The van der Waals surface area contributed by atoms with Gasteiger partial charge in [0.15, 0.2) is 0 Å². The molecule has 0 radical (unpaired) electrons. The standard InChI is InChI=1S/C20H25NO3S/c1-16-5-11-19(12-6-16)25-15-13-21-20(22)4-3-14-24-18-9-7-17(23-2)8-10-18/h5-12H,3-4,13-15H2,1-2H3,(H,21,22). The molecule has 0 saturated heterocycles. The molecule has 25 heavy (non-hydrogen) atoms. The third-order valence-corrected chi connectivity index (χ3v) is 4.60. The van der Waals surface area contributed by atoms with Crippen LogP contribution in [0.25, 0.3) is 0 Å². The summed E-state index contributed by atoms with van der Waals surface area (Å²) in [7, 11) is 1.63. The molecule has 0 bridgehead atoms. The lowest BCUT2D eigenvalue weighted by atomic mass is 10.2. The van der Waals surface area contributed by atoms with E-state index in [9.17, 15) is 4.79 Å². The normalized spacial score (nSPS) is 10.3. The van der Waals surface area contributed by atoms with Crippen LogP contribution in [0.1, 0.15) is 18.4 Å². The molecule has 1 N–H and O–H groups in total. The van der Waals surface area contributed by atoms with E-state index in [4.69, 9.17) is 9.47 Å². The monoisotopic (exact) mass is 359 g/mol. The summed E-state index contributed by atoms with van der Waals surface area (Å²) in [5, 5.41) is 2.95. The van der Waals surface area contributed by atoms with Gasteiger partial charge in [0, 0.05) is 23.6 Å². The van der Waals surface area contributed by atoms with E-state index in [2.05, 4.69) is 36.5 Å². The molecular formula is C20H25NO3S. The summed E-state index contributed by atoms with van der Waals surface area (Å²) in [6, 6.07) is 15.9. The van der Waals surface area contributed by atoms with Gasteiger partial charge in [-0.25, -0.2) is 0 Å². The number of ether oxygens (including phenoxy) is 2. The number of hydrogen-bond acceptors (Lipinski definition) is 4. The topological polar surface area (TPSA) is 47.6 Å². The molecule has 0 atom stereocenters. The lowest BCUT2D eigenvalue weighted by Gasteiger charge is -2.08. The van der Waals surface area contributed by atoms with Gasteiger partial charge in [-0.1, -0.05) is 17.7 Å². The largest absolute Gasteiger partial charge is 0.497 e. The number of thioether (sulfide) groups is 1. The van der Waals surface area contributed by atoms with Crippen molar-refractivity contribution in [3.8, 4) is 11.5 Å². The van der Waals surface area contributed by atoms with Crippen molar-refractivity contribution in [3.05, 3.63) is 54.1 Å². The number of hydrogen-bond donors (Lipinski definition) is 1. The molecule has 0 aliphatic carbocycles. The minimum atomic E-state index is 0.0721. The first-order valence-electron chi connectivity index (χ1n) is 8.40. The predicted octanol–water partition coefficient (Wildman–Crippen LogP) is 4.07. The van der Waals surface area contributed by atoms with Gasteiger partial charge in [0.05, 0.1) is 13.7 Å². The molecule has 2 aromatic carbocycles. The molecule has 0 unspecified atom stereocenters. The zero-order valence-corrected chi connectivity index (χ0v) is 15.6. The van der Waals surface area contributed by atoms with E-state index in [0.717, 1.165) is 17.3 Å². The Morgan fingerprint density at radius 3 is 2.40 bits per heavy atom. The van der Waals surface area contributed by atoms with Gasteiger partial charge in [0.1, 0.15) is 11.5 Å². The number of rotatable bonds is 10. The van der Waals surface area contributed by atoms with E-state index in [1.165, 1.54) is 10.5 Å². The van der Waals surface area contributed by atoms with Crippen molar-refractivity contribution in [2.24, 2.45) is 0 Å². The van der Waals surface area contributed by atoms with Crippen LogP contribution < -0.4 is 14.8 Å². The Morgan fingerprint density at radius 2 is 1.72 bits per heavy atom. The zero-order chi connectivity index (χ0) is 17.9. The molecule has 0 heterocycles. The Hall–Kier alpha value is -2.14. The highest BCUT2D eigenvalue weighted by atomic mass is 32.2. The maximum atomic E-state index is 11.8. The van der Waals surface area contributed by atoms with E-state index in [0.29, 0.717) is 26.0 Å². The highest BCUT2D eigenvalue weighted by molar-refractivity contribution is 7.99. The SMILES string of the molecule is COc1ccc(OCCCC(=O)NCCSc2ccc(C)cc2)cc1. The van der Waals surface area contributed by atoms with E-state index in [1.807, 2.05) is 24.3 Å². The second-order valence-electron chi connectivity index (χ2n) is 5.64. The fourth-order valence-electron chi connectivity index (χ4n) is 2.18. The van der Waals surface area contributed by atoms with Crippen molar-refractivity contribution in [2.75, 3.05) is 26.0 Å². The van der Waals surface area contributed by atoms with Crippen molar-refractivity contribution in [1.82, 2.24) is 5.32 Å². The van der Waals surface area contributed by atoms with Crippen LogP contribution in [0.3, 0.4) is 0 Å². The fraction of sp³-hybridized carbons (Fsp3) is 0.350. The van der Waals surface area contributed by atoms with Gasteiger partial charge in [0.2, 0.25) is 5.91 Å². The predicted molar refractivity (Wildman–Crippen MR) is 103 cm³/mol. The number of methoxy groups -OCH3 is 1. The Balaban J connectivity index is 1.52. The summed E-state index contributed by atoms with van der Waals surface area (Å²) in [6.45, 7) is 3.28. The molecule has 0 saturated carbocycles. The Morgan fingerprint density at radius 1 is 1.04 bits per heavy atom. The van der Waals surface area contributed by atoms with Crippen molar-refractivity contribution in [2.45, 2.75) is 24.7 Å². The van der Waals surface area contributed by atoms with E-state index in [-0.39, 0.29) is 5.91 Å². The van der Waals surface area contributed by atoms with Crippen molar-refractivity contribution in [3.63, 3.8) is 0 Å². The number of aryl methyl sites for hydroxylation is 1. The van der Waals surface area contributed by atoms with Crippen LogP contribution in [0.4, 0.5) is 0 Å². The van der Waals surface area contributed by atoms with Gasteiger partial charge in [0.25, 0.3) is 0 Å². The maximum absolute atomic E-state index is 11.8. The Labute approximate surface area is 153 Å². The number of amides is 1. The first-order chi connectivity index (χ1) is 12.2. The molecule has 134 valence electrons. The fourth-order valence-corrected chi connectivity index (χ4v) is 2.95. The molecule has 1 amide bonds. The lowest BCUT2D eigenvalue weighted by Crippen LogP contribution is -2.25. The number of benzene rings is 2. The van der Waals surface area contributed by atoms with Crippen LogP contribution in [-0.4, -0.2) is 31.9 Å². The zero-order valence-electron chi connectivity index (χ0n) is 14.8. The van der Waals surface area contributed by atoms with Gasteiger partial charge in [-0.05, 0) is 49.7 Å². The second kappa shape index (κ2) is 10.7. The molecular weight excluding hydrogens is 334 g/mol. The van der Waals surface area contributed by atoms with E-state index in [1.54, 1.807) is 18.9 Å². The quantitative estimate of drug-likeness (QED) is 0.513. The third kappa shape index (κ3) is 7.52. The molecule has 0 aliphatic rings. The smallest absolute Gasteiger partial charge is 0.220 e. The molecule has 5 heteroatoms. The first-order valence-corrected chi connectivity index (χ1v) is 9.39. The molecule has 0 aliphatic heterocycles. The van der Waals surface area contributed by atoms with Gasteiger partial charge in [-0.3, -0.25) is 4.79 Å². The summed E-state index contributed by atoms with van der Waals surface area (Å²) in [5.41, 5.74) is 1.26. The van der Waals surface area contributed by atoms with Crippen LogP contribution in [0.15, 0.2) is 53.4 Å². The summed E-state index contributed by atoms with van der Waals surface area (Å²) in [4.78, 5) is 13.0. The van der Waals surface area contributed by atoms with Crippen LogP contribution in [0, 0.1) is 6.92 Å². The number of carbonyl (C=O) groups is 1. The Kier molecular flexibility index (Phi) is 8.19. The first kappa shape index (κ1) is 19.2. The van der Waals surface area contributed by atoms with Crippen molar-refractivity contribution in [1.29, 1.82) is 0 Å². The summed E-state index contributed by atoms with van der Waals surface area (Å²) in [5.74, 6) is 2.53. The molecule has 2 rings (SSSR count). The molecule has 0 fully saturated rings. The average Bonchev–Trinajstić information content (AvgIpc) is 2.64. The van der Waals surface area contributed by atoms with Gasteiger partial charge in [-0.15, -0.1) is 11.8 Å². The van der Waals surface area contributed by atoms with E-state index >= 15 is 0 Å². The van der Waals surface area contributed by atoms with E-state index < -0.39 is 0 Å². The average molecular weight is 359 g/mol. The summed E-state index contributed by atoms with van der Waals surface area (Å²) in [6.07, 6.45) is 1.17. The van der Waals surface area contributed by atoms with Gasteiger partial charge in [-0.2, -0.15) is 0 Å². The summed E-state index contributed by atoms with van der Waals surface area (Å²) < 4.78 is 10.7. The number of carbonyl (C=O) groups excluding carboxylic acids is 1.